The van der Waals surface area contributed by atoms with Crippen LogP contribution in [0.5, 0.6) is 0 Å². The maximum absolute atomic E-state index is 6.99. The third-order valence-electron chi connectivity index (χ3n) is 16.2. The van der Waals surface area contributed by atoms with Gasteiger partial charge in [0.1, 0.15) is 11.2 Å². The van der Waals surface area contributed by atoms with Crippen LogP contribution in [0, 0.1) is 23.2 Å². The quantitative estimate of drug-likeness (QED) is 0.178. The number of benzene rings is 5. The summed E-state index contributed by atoms with van der Waals surface area (Å²) in [7, 11) is 0. The first kappa shape index (κ1) is 29.2. The van der Waals surface area contributed by atoms with E-state index >= 15 is 0 Å². The molecule has 4 fully saturated rings. The Kier molecular flexibility index (Phi) is 5.74. The van der Waals surface area contributed by atoms with E-state index in [1.165, 1.54) is 120 Å². The molecule has 0 radical (unpaired) electrons. The molecule has 0 N–H and O–H groups in total. The molecule has 0 amide bonds. The van der Waals surface area contributed by atoms with Gasteiger partial charge in [-0.25, -0.2) is 0 Å². The summed E-state index contributed by atoms with van der Waals surface area (Å²) in [4.78, 5) is 0. The molecule has 2 heterocycles. The molecule has 7 aromatic rings. The van der Waals surface area contributed by atoms with E-state index < -0.39 is 0 Å². The van der Waals surface area contributed by atoms with E-state index in [1.807, 2.05) is 0 Å². The molecule has 13 rings (SSSR count). The third kappa shape index (κ3) is 3.77. The molecular weight excluding hydrogens is 631 g/mol. The number of para-hydroxylation sites is 2. The van der Waals surface area contributed by atoms with E-state index in [9.17, 15) is 0 Å². The summed E-state index contributed by atoms with van der Waals surface area (Å²) in [5, 5.41) is 5.35. The molecule has 1 spiro atoms. The van der Waals surface area contributed by atoms with Gasteiger partial charge in [0.25, 0.3) is 0 Å². The van der Waals surface area contributed by atoms with Gasteiger partial charge in [0.15, 0.2) is 0 Å². The fraction of sp³-hybridized carbons (Fsp3) is 0.400. The van der Waals surface area contributed by atoms with Crippen LogP contribution in [-0.4, -0.2) is 4.57 Å². The fourth-order valence-electron chi connectivity index (χ4n) is 13.8. The minimum Gasteiger partial charge on any atom is -0.455 e. The molecule has 5 bridgehead atoms. The Hall–Kier alpha value is -4.30. The minimum atomic E-state index is 0.591. The van der Waals surface area contributed by atoms with E-state index in [1.54, 1.807) is 22.3 Å². The molecule has 2 aromatic heterocycles. The van der Waals surface area contributed by atoms with Crippen LogP contribution < -0.4 is 0 Å². The number of rotatable bonds is 2. The second-order valence-electron chi connectivity index (χ2n) is 18.5. The Morgan fingerprint density at radius 2 is 1.38 bits per heavy atom. The highest BCUT2D eigenvalue weighted by molar-refractivity contribution is 6.13. The first-order valence-electron chi connectivity index (χ1n) is 20.8. The molecule has 8 atom stereocenters. The first-order valence-corrected chi connectivity index (χ1v) is 20.8. The summed E-state index contributed by atoms with van der Waals surface area (Å²) >= 11 is 0. The Morgan fingerprint density at radius 1 is 0.596 bits per heavy atom. The van der Waals surface area contributed by atoms with Crippen molar-refractivity contribution in [2.45, 2.75) is 101 Å². The van der Waals surface area contributed by atoms with Crippen molar-refractivity contribution in [2.24, 2.45) is 23.2 Å². The van der Waals surface area contributed by atoms with Crippen LogP contribution in [-0.2, 0) is 0 Å². The van der Waals surface area contributed by atoms with E-state index in [0.29, 0.717) is 17.3 Å². The van der Waals surface area contributed by atoms with Gasteiger partial charge in [0, 0.05) is 32.8 Å². The van der Waals surface area contributed by atoms with Crippen LogP contribution >= 0.6 is 0 Å². The predicted octanol–water partition coefficient (Wildman–Crippen LogP) is 13.9. The number of aromatic nitrogens is 1. The van der Waals surface area contributed by atoms with Crippen molar-refractivity contribution in [3.05, 3.63) is 113 Å². The molecular formula is C50H47NO. The second-order valence-corrected chi connectivity index (χ2v) is 18.5. The van der Waals surface area contributed by atoms with Crippen molar-refractivity contribution in [3.8, 4) is 16.8 Å². The van der Waals surface area contributed by atoms with Gasteiger partial charge in [-0.2, -0.15) is 0 Å². The lowest BCUT2D eigenvalue weighted by atomic mass is 9.56. The van der Waals surface area contributed by atoms with Crippen LogP contribution in [0.2, 0.25) is 0 Å². The average molecular weight is 678 g/mol. The number of hydrogen-bond acceptors (Lipinski definition) is 1. The summed E-state index contributed by atoms with van der Waals surface area (Å²) in [5.41, 5.74) is 15.7. The van der Waals surface area contributed by atoms with Crippen LogP contribution in [0.25, 0.3) is 60.6 Å². The molecule has 8 unspecified atom stereocenters. The maximum Gasteiger partial charge on any atom is 0.143 e. The molecule has 2 heteroatoms. The summed E-state index contributed by atoms with van der Waals surface area (Å²) in [6.45, 7) is 2.49. The van der Waals surface area contributed by atoms with Gasteiger partial charge in [-0.1, -0.05) is 62.2 Å². The van der Waals surface area contributed by atoms with E-state index in [0.717, 1.165) is 40.8 Å². The zero-order valence-electron chi connectivity index (χ0n) is 30.3. The summed E-state index contributed by atoms with van der Waals surface area (Å²) in [6, 6.07) is 35.5. The highest BCUT2D eigenvalue weighted by Gasteiger charge is 2.65. The van der Waals surface area contributed by atoms with Gasteiger partial charge in [-0.15, -0.1) is 0 Å². The van der Waals surface area contributed by atoms with Gasteiger partial charge in [-0.3, -0.25) is 0 Å². The van der Waals surface area contributed by atoms with Crippen molar-refractivity contribution in [1.82, 2.24) is 4.57 Å². The normalized spacial score (nSPS) is 31.4. The molecule has 0 saturated heterocycles. The largest absolute Gasteiger partial charge is 0.455 e. The van der Waals surface area contributed by atoms with Crippen LogP contribution in [0.15, 0.2) is 95.4 Å². The zero-order valence-corrected chi connectivity index (χ0v) is 30.3. The number of fused-ring (bicyclic) bond motifs is 15. The number of nitrogens with zero attached hydrogens (tertiary/aromatic N) is 1. The SMILES string of the molecule is CC1CCCC2CCC(C2)c2cc3c4cc(-c5cccc6c5oc5cc7c(cc56)C5CC6CC8CC7CC86C5)ccc4n(-c4ccccc4)c3cc21. The molecule has 6 aliphatic rings. The first-order chi connectivity index (χ1) is 25.6. The Balaban J connectivity index is 1.01. The van der Waals surface area contributed by atoms with E-state index in [2.05, 4.69) is 102 Å². The Bertz CT molecular complexity index is 2640. The molecule has 5 aromatic carbocycles. The Morgan fingerprint density at radius 3 is 2.25 bits per heavy atom. The molecule has 258 valence electrons. The van der Waals surface area contributed by atoms with Crippen LogP contribution in [0.3, 0.4) is 0 Å². The second kappa shape index (κ2) is 10.2. The average Bonchev–Trinajstić information content (AvgIpc) is 3.97. The summed E-state index contributed by atoms with van der Waals surface area (Å²) in [6.07, 6.45) is 15.4. The number of hydrogen-bond donors (Lipinski definition) is 0. The van der Waals surface area contributed by atoms with Crippen LogP contribution in [0.1, 0.15) is 123 Å². The van der Waals surface area contributed by atoms with E-state index in [4.69, 9.17) is 4.42 Å². The van der Waals surface area contributed by atoms with Crippen molar-refractivity contribution in [1.29, 1.82) is 0 Å². The standard InChI is InChI=1S/C50H47NO/c1-28-7-5-8-29-13-14-30(17-29)40-22-44-43-20-31(15-16-46(43)51(47(44)24-39(28)40)36-9-3-2-4-10-36)37-11-6-12-38-45-23-41-32-18-34-21-35-19-33(27-50(34,35)26-32)42(41)25-48(45)52-49(37)38/h2-4,6,9-12,15-16,20,22-25,28-30,32-35H,5,7-8,13-14,17-19,21,26-27H2,1H3. The van der Waals surface area contributed by atoms with Crippen LogP contribution in [0.4, 0.5) is 0 Å². The van der Waals surface area contributed by atoms with E-state index in [-0.39, 0.29) is 0 Å². The van der Waals surface area contributed by atoms with Crippen molar-refractivity contribution in [3.63, 3.8) is 0 Å². The van der Waals surface area contributed by atoms with Gasteiger partial charge < -0.3 is 8.98 Å². The van der Waals surface area contributed by atoms with Gasteiger partial charge in [-0.05, 0) is 181 Å². The smallest absolute Gasteiger partial charge is 0.143 e. The molecule has 2 nitrogen and oxygen atoms in total. The monoisotopic (exact) mass is 677 g/mol. The highest BCUT2D eigenvalue weighted by atomic mass is 16.3. The molecule has 4 saturated carbocycles. The lowest BCUT2D eigenvalue weighted by Crippen LogP contribution is -2.41. The lowest BCUT2D eigenvalue weighted by Gasteiger charge is -2.48. The van der Waals surface area contributed by atoms with Gasteiger partial charge in [0.05, 0.1) is 11.0 Å². The van der Waals surface area contributed by atoms with Gasteiger partial charge in [0.2, 0.25) is 0 Å². The summed E-state index contributed by atoms with van der Waals surface area (Å²) < 4.78 is 9.53. The van der Waals surface area contributed by atoms with Crippen molar-refractivity contribution < 1.29 is 4.42 Å². The minimum absolute atomic E-state index is 0.591. The molecule has 6 aliphatic carbocycles. The maximum atomic E-state index is 6.99. The third-order valence-corrected chi connectivity index (χ3v) is 16.2. The zero-order chi connectivity index (χ0) is 33.9. The Labute approximate surface area is 306 Å². The fourth-order valence-corrected chi connectivity index (χ4v) is 13.8. The highest BCUT2D eigenvalue weighted by Crippen LogP contribution is 2.76. The predicted molar refractivity (Wildman–Crippen MR) is 214 cm³/mol. The lowest BCUT2D eigenvalue weighted by molar-refractivity contribution is 0.00322. The summed E-state index contributed by atoms with van der Waals surface area (Å²) in [5.74, 6) is 5.66. The number of furan rings is 1. The molecule has 0 aliphatic heterocycles. The van der Waals surface area contributed by atoms with Crippen molar-refractivity contribution in [2.75, 3.05) is 0 Å². The van der Waals surface area contributed by atoms with Crippen molar-refractivity contribution >= 4 is 43.7 Å². The van der Waals surface area contributed by atoms with Gasteiger partial charge >= 0.3 is 0 Å². The molecule has 52 heavy (non-hydrogen) atoms. The topological polar surface area (TPSA) is 18.1 Å².